The summed E-state index contributed by atoms with van der Waals surface area (Å²) in [5.41, 5.74) is 0.635. The summed E-state index contributed by atoms with van der Waals surface area (Å²) < 4.78 is 0. The lowest BCUT2D eigenvalue weighted by molar-refractivity contribution is -0.130. The first kappa shape index (κ1) is 15.0. The Labute approximate surface area is 136 Å². The number of nitrogens with zero attached hydrogens (tertiary/aromatic N) is 3. The molecule has 1 amide bonds. The van der Waals surface area contributed by atoms with Crippen molar-refractivity contribution in [2.45, 2.75) is 6.42 Å². The number of hydrogen-bond acceptors (Lipinski definition) is 5. The molecule has 2 aromatic rings. The van der Waals surface area contributed by atoms with Crippen LogP contribution in [0.25, 0.3) is 10.9 Å². The van der Waals surface area contributed by atoms with Gasteiger partial charge in [0.2, 0.25) is 5.91 Å². The van der Waals surface area contributed by atoms with Gasteiger partial charge in [-0.15, -0.1) is 0 Å². The molecule has 0 radical (unpaired) electrons. The van der Waals surface area contributed by atoms with E-state index in [9.17, 15) is 9.59 Å². The second kappa shape index (κ2) is 6.06. The van der Waals surface area contributed by atoms with Crippen molar-refractivity contribution in [3.05, 3.63) is 28.5 Å². The highest BCUT2D eigenvalue weighted by Crippen LogP contribution is 2.29. The SMILES string of the molecule is O=C1CCN(C(=O)CNc2ncnc3cc(Cl)c(Cl)cc23)C1. The van der Waals surface area contributed by atoms with Crippen molar-refractivity contribution < 1.29 is 9.59 Å². The molecule has 1 aromatic carbocycles. The van der Waals surface area contributed by atoms with Crippen LogP contribution in [0.1, 0.15) is 6.42 Å². The molecule has 1 N–H and O–H groups in total. The number of fused-ring (bicyclic) bond motifs is 1. The molecule has 8 heteroatoms. The molecule has 1 aliphatic rings. The Kier molecular flexibility index (Phi) is 4.13. The molecule has 2 heterocycles. The van der Waals surface area contributed by atoms with E-state index in [1.165, 1.54) is 11.2 Å². The normalized spacial score (nSPS) is 14.6. The van der Waals surface area contributed by atoms with Crippen LogP contribution in [0.3, 0.4) is 0 Å². The second-order valence-electron chi connectivity index (χ2n) is 4.96. The molecule has 0 aliphatic carbocycles. The van der Waals surface area contributed by atoms with Gasteiger partial charge in [0.05, 0.1) is 28.7 Å². The number of Topliss-reactive ketones (excluding diaryl/α,β-unsaturated/α-hetero) is 1. The van der Waals surface area contributed by atoms with Gasteiger partial charge in [-0.1, -0.05) is 23.2 Å². The lowest BCUT2D eigenvalue weighted by Gasteiger charge is -2.15. The molecule has 1 aromatic heterocycles. The van der Waals surface area contributed by atoms with E-state index in [4.69, 9.17) is 23.2 Å². The number of amides is 1. The Hall–Kier alpha value is -1.92. The number of carbonyl (C=O) groups excluding carboxylic acids is 2. The summed E-state index contributed by atoms with van der Waals surface area (Å²) in [6.45, 7) is 0.720. The van der Waals surface area contributed by atoms with Gasteiger partial charge in [0.15, 0.2) is 5.78 Å². The van der Waals surface area contributed by atoms with Crippen LogP contribution in [-0.2, 0) is 9.59 Å². The third-order valence-corrected chi connectivity index (χ3v) is 4.19. The van der Waals surface area contributed by atoms with Crippen LogP contribution in [0, 0.1) is 0 Å². The summed E-state index contributed by atoms with van der Waals surface area (Å²) in [6, 6.07) is 3.30. The molecule has 6 nitrogen and oxygen atoms in total. The van der Waals surface area contributed by atoms with Crippen molar-refractivity contribution >= 4 is 51.6 Å². The van der Waals surface area contributed by atoms with Crippen molar-refractivity contribution in [3.8, 4) is 0 Å². The summed E-state index contributed by atoms with van der Waals surface area (Å²) in [5, 5.41) is 4.45. The average molecular weight is 339 g/mol. The molecule has 1 saturated heterocycles. The first-order chi connectivity index (χ1) is 10.5. The van der Waals surface area contributed by atoms with E-state index in [2.05, 4.69) is 15.3 Å². The molecule has 0 bridgehead atoms. The molecule has 1 aliphatic heterocycles. The fourth-order valence-electron chi connectivity index (χ4n) is 2.31. The van der Waals surface area contributed by atoms with Gasteiger partial charge in [-0.2, -0.15) is 0 Å². The molecule has 0 atom stereocenters. The van der Waals surface area contributed by atoms with Crippen LogP contribution in [-0.4, -0.2) is 46.2 Å². The van der Waals surface area contributed by atoms with Crippen molar-refractivity contribution in [1.82, 2.24) is 14.9 Å². The summed E-state index contributed by atoms with van der Waals surface area (Å²) in [4.78, 5) is 33.0. The topological polar surface area (TPSA) is 75.2 Å². The number of ketones is 1. The molecule has 22 heavy (non-hydrogen) atoms. The van der Waals surface area contributed by atoms with Gasteiger partial charge in [0.25, 0.3) is 0 Å². The monoisotopic (exact) mass is 338 g/mol. The van der Waals surface area contributed by atoms with E-state index in [-0.39, 0.29) is 24.8 Å². The lowest BCUT2D eigenvalue weighted by atomic mass is 10.2. The minimum absolute atomic E-state index is 0.0552. The number of halogens is 2. The third kappa shape index (κ3) is 2.98. The van der Waals surface area contributed by atoms with E-state index >= 15 is 0 Å². The van der Waals surface area contributed by atoms with E-state index < -0.39 is 0 Å². The zero-order valence-electron chi connectivity index (χ0n) is 11.5. The third-order valence-electron chi connectivity index (χ3n) is 3.46. The maximum absolute atomic E-state index is 12.0. The Bertz CT molecular complexity index is 766. The molecule has 0 unspecified atom stereocenters. The fourth-order valence-corrected chi connectivity index (χ4v) is 2.63. The largest absolute Gasteiger partial charge is 0.360 e. The Balaban J connectivity index is 1.78. The molecule has 114 valence electrons. The number of carbonyl (C=O) groups is 2. The molecular weight excluding hydrogens is 327 g/mol. The van der Waals surface area contributed by atoms with Gasteiger partial charge in [-0.3, -0.25) is 9.59 Å². The Morgan fingerprint density at radius 2 is 2.05 bits per heavy atom. The smallest absolute Gasteiger partial charge is 0.242 e. The zero-order valence-corrected chi connectivity index (χ0v) is 13.0. The summed E-state index contributed by atoms with van der Waals surface area (Å²) in [5.74, 6) is 0.447. The maximum Gasteiger partial charge on any atom is 0.242 e. The number of likely N-dealkylation sites (tertiary alicyclic amines) is 1. The Morgan fingerprint density at radius 1 is 1.27 bits per heavy atom. The molecule has 1 fully saturated rings. The maximum atomic E-state index is 12.0. The first-order valence-corrected chi connectivity index (χ1v) is 7.43. The van der Waals surface area contributed by atoms with Gasteiger partial charge in [-0.25, -0.2) is 9.97 Å². The quantitative estimate of drug-likeness (QED) is 0.927. The van der Waals surface area contributed by atoms with Crippen LogP contribution in [0.4, 0.5) is 5.82 Å². The Morgan fingerprint density at radius 3 is 2.77 bits per heavy atom. The number of hydrogen-bond donors (Lipinski definition) is 1. The number of rotatable bonds is 3. The van der Waals surface area contributed by atoms with Crippen molar-refractivity contribution in [1.29, 1.82) is 0 Å². The van der Waals surface area contributed by atoms with Gasteiger partial charge < -0.3 is 10.2 Å². The summed E-state index contributed by atoms with van der Waals surface area (Å²) in [7, 11) is 0. The van der Waals surface area contributed by atoms with Crippen molar-refractivity contribution in [2.24, 2.45) is 0 Å². The molecular formula is C14H12Cl2N4O2. The predicted octanol–water partition coefficient (Wildman–Crippen LogP) is 2.15. The van der Waals surface area contributed by atoms with E-state index in [1.807, 2.05) is 0 Å². The molecule has 0 spiro atoms. The average Bonchev–Trinajstić information content (AvgIpc) is 2.93. The van der Waals surface area contributed by atoms with Crippen LogP contribution >= 0.6 is 23.2 Å². The van der Waals surface area contributed by atoms with Crippen LogP contribution in [0.2, 0.25) is 10.0 Å². The van der Waals surface area contributed by atoms with Gasteiger partial charge in [-0.05, 0) is 12.1 Å². The fraction of sp³-hybridized carbons (Fsp3) is 0.286. The van der Waals surface area contributed by atoms with E-state index in [0.717, 1.165) is 0 Å². The number of nitrogens with one attached hydrogen (secondary N) is 1. The standard InChI is InChI=1S/C14H12Cl2N4O2/c15-10-3-9-12(4-11(10)16)18-7-19-14(9)17-5-13(22)20-2-1-8(21)6-20/h3-4,7H,1-2,5-6H2,(H,17,18,19). The summed E-state index contributed by atoms with van der Waals surface area (Å²) in [6.07, 6.45) is 1.81. The first-order valence-electron chi connectivity index (χ1n) is 6.67. The minimum atomic E-state index is -0.141. The van der Waals surface area contributed by atoms with Gasteiger partial charge in [0, 0.05) is 18.4 Å². The zero-order chi connectivity index (χ0) is 15.7. The predicted molar refractivity (Wildman–Crippen MR) is 84.3 cm³/mol. The number of aromatic nitrogens is 2. The van der Waals surface area contributed by atoms with Gasteiger partial charge in [0.1, 0.15) is 12.1 Å². The molecule has 3 rings (SSSR count). The lowest BCUT2D eigenvalue weighted by Crippen LogP contribution is -2.33. The minimum Gasteiger partial charge on any atom is -0.360 e. The van der Waals surface area contributed by atoms with Crippen molar-refractivity contribution in [3.63, 3.8) is 0 Å². The van der Waals surface area contributed by atoms with Crippen LogP contribution in [0.5, 0.6) is 0 Å². The van der Waals surface area contributed by atoms with Crippen LogP contribution in [0.15, 0.2) is 18.5 Å². The highest BCUT2D eigenvalue weighted by atomic mass is 35.5. The van der Waals surface area contributed by atoms with Crippen molar-refractivity contribution in [2.75, 3.05) is 25.0 Å². The van der Waals surface area contributed by atoms with E-state index in [1.54, 1.807) is 12.1 Å². The summed E-state index contributed by atoms with van der Waals surface area (Å²) >= 11 is 12.0. The number of anilines is 1. The van der Waals surface area contributed by atoms with Crippen LogP contribution < -0.4 is 5.32 Å². The highest BCUT2D eigenvalue weighted by Gasteiger charge is 2.23. The highest BCUT2D eigenvalue weighted by molar-refractivity contribution is 6.42. The molecule has 0 saturated carbocycles. The van der Waals surface area contributed by atoms with Gasteiger partial charge >= 0.3 is 0 Å². The number of benzene rings is 1. The van der Waals surface area contributed by atoms with E-state index in [0.29, 0.717) is 39.7 Å². The second-order valence-corrected chi connectivity index (χ2v) is 5.78.